The summed E-state index contributed by atoms with van der Waals surface area (Å²) < 4.78 is 5.46. The van der Waals surface area contributed by atoms with Gasteiger partial charge in [0.2, 0.25) is 0 Å². The summed E-state index contributed by atoms with van der Waals surface area (Å²) in [4.78, 5) is 0. The molecule has 0 aliphatic carbocycles. The van der Waals surface area contributed by atoms with Crippen LogP contribution < -0.4 is 0 Å². The summed E-state index contributed by atoms with van der Waals surface area (Å²) in [5.74, 6) is 0. The van der Waals surface area contributed by atoms with Crippen LogP contribution in [-0.2, 0) is 4.74 Å². The van der Waals surface area contributed by atoms with Gasteiger partial charge in [0.25, 0.3) is 0 Å². The van der Waals surface area contributed by atoms with Gasteiger partial charge < -0.3 is 4.74 Å². The highest BCUT2D eigenvalue weighted by Crippen LogP contribution is 2.18. The van der Waals surface area contributed by atoms with Gasteiger partial charge in [-0.25, -0.2) is 0 Å². The average molecular weight is 146 g/mol. The molecule has 1 fully saturated rings. The summed E-state index contributed by atoms with van der Waals surface area (Å²) in [7, 11) is 0. The molecule has 0 bridgehead atoms. The maximum Gasteiger partial charge on any atom is 0.0688 e. The maximum absolute atomic E-state index is 5.46. The fourth-order valence-electron chi connectivity index (χ4n) is 1.15. The summed E-state index contributed by atoms with van der Waals surface area (Å²) in [6.07, 6.45) is 4.17. The molecule has 2 atom stereocenters. The van der Waals surface area contributed by atoms with Crippen LogP contribution in [0.5, 0.6) is 0 Å². The summed E-state index contributed by atoms with van der Waals surface area (Å²) >= 11 is 4.32. The second-order valence-electron chi connectivity index (χ2n) is 2.65. The van der Waals surface area contributed by atoms with Gasteiger partial charge in [0.1, 0.15) is 0 Å². The van der Waals surface area contributed by atoms with Gasteiger partial charge in [-0.05, 0) is 19.3 Å². The van der Waals surface area contributed by atoms with Crippen LogP contribution in [0, 0.1) is 0 Å². The van der Waals surface area contributed by atoms with E-state index in [4.69, 9.17) is 4.74 Å². The minimum Gasteiger partial charge on any atom is -0.377 e. The highest BCUT2D eigenvalue weighted by Gasteiger charge is 2.16. The van der Waals surface area contributed by atoms with Gasteiger partial charge in [0.15, 0.2) is 0 Å². The summed E-state index contributed by atoms with van der Waals surface area (Å²) in [6, 6.07) is 0. The van der Waals surface area contributed by atoms with Crippen LogP contribution in [0.2, 0.25) is 0 Å². The predicted octanol–water partition coefficient (Wildman–Crippen LogP) is 1.87. The van der Waals surface area contributed by atoms with E-state index in [0.29, 0.717) is 11.4 Å². The lowest BCUT2D eigenvalue weighted by molar-refractivity contribution is 0.0181. The van der Waals surface area contributed by atoms with Gasteiger partial charge in [0, 0.05) is 11.9 Å². The summed E-state index contributed by atoms with van der Waals surface area (Å²) in [5, 5.41) is 0.408. The molecule has 1 heterocycles. The first kappa shape index (κ1) is 7.42. The third-order valence-electron chi connectivity index (χ3n) is 1.75. The first-order valence-corrected chi connectivity index (χ1v) is 4.12. The average Bonchev–Trinajstić information content (AvgIpc) is 1.90. The van der Waals surface area contributed by atoms with Gasteiger partial charge in [-0.2, -0.15) is 12.6 Å². The molecule has 0 aromatic rings. The molecule has 1 saturated heterocycles. The zero-order chi connectivity index (χ0) is 6.69. The number of hydrogen-bond acceptors (Lipinski definition) is 2. The van der Waals surface area contributed by atoms with Crippen LogP contribution in [0.25, 0.3) is 0 Å². The molecular weight excluding hydrogens is 132 g/mol. The number of hydrogen-bond donors (Lipinski definition) is 1. The van der Waals surface area contributed by atoms with Crippen molar-refractivity contribution in [3.63, 3.8) is 0 Å². The van der Waals surface area contributed by atoms with Crippen molar-refractivity contribution in [1.29, 1.82) is 0 Å². The minimum absolute atomic E-state index is 0.408. The second-order valence-corrected chi connectivity index (χ2v) is 3.46. The van der Waals surface area contributed by atoms with E-state index in [1.165, 1.54) is 19.3 Å². The SMILES string of the molecule is CC(S)C1CCCCO1. The standard InChI is InChI=1S/C7H14OS/c1-6(9)7-4-2-3-5-8-7/h6-7,9H,2-5H2,1H3. The number of rotatable bonds is 1. The van der Waals surface area contributed by atoms with Crippen molar-refractivity contribution in [2.75, 3.05) is 6.61 Å². The van der Waals surface area contributed by atoms with E-state index in [-0.39, 0.29) is 0 Å². The molecule has 2 unspecified atom stereocenters. The Morgan fingerprint density at radius 2 is 2.33 bits per heavy atom. The number of ether oxygens (including phenoxy) is 1. The molecule has 1 aliphatic rings. The van der Waals surface area contributed by atoms with Crippen LogP contribution in [-0.4, -0.2) is 18.0 Å². The maximum atomic E-state index is 5.46. The fraction of sp³-hybridized carbons (Fsp3) is 1.00. The monoisotopic (exact) mass is 146 g/mol. The molecule has 54 valence electrons. The van der Waals surface area contributed by atoms with Crippen LogP contribution >= 0.6 is 12.6 Å². The van der Waals surface area contributed by atoms with E-state index in [2.05, 4.69) is 19.6 Å². The molecule has 0 amide bonds. The van der Waals surface area contributed by atoms with E-state index in [9.17, 15) is 0 Å². The smallest absolute Gasteiger partial charge is 0.0688 e. The van der Waals surface area contributed by atoms with E-state index < -0.39 is 0 Å². The zero-order valence-electron chi connectivity index (χ0n) is 5.84. The molecular formula is C7H14OS. The molecule has 0 aromatic carbocycles. The molecule has 1 aliphatic heterocycles. The molecule has 2 heteroatoms. The van der Waals surface area contributed by atoms with Gasteiger partial charge in [0.05, 0.1) is 6.10 Å². The normalized spacial score (nSPS) is 32.0. The first-order chi connectivity index (χ1) is 4.30. The third-order valence-corrected chi connectivity index (χ3v) is 2.09. The van der Waals surface area contributed by atoms with Crippen molar-refractivity contribution in [1.82, 2.24) is 0 Å². The van der Waals surface area contributed by atoms with Gasteiger partial charge >= 0.3 is 0 Å². The predicted molar refractivity (Wildman–Crippen MR) is 42.0 cm³/mol. The van der Waals surface area contributed by atoms with Crippen molar-refractivity contribution in [3.05, 3.63) is 0 Å². The molecule has 0 radical (unpaired) electrons. The van der Waals surface area contributed by atoms with E-state index in [1.54, 1.807) is 0 Å². The Labute approximate surface area is 62.2 Å². The molecule has 1 nitrogen and oxygen atoms in total. The highest BCUT2D eigenvalue weighted by atomic mass is 32.1. The van der Waals surface area contributed by atoms with Crippen molar-refractivity contribution < 1.29 is 4.74 Å². The molecule has 9 heavy (non-hydrogen) atoms. The third kappa shape index (κ3) is 2.18. The van der Waals surface area contributed by atoms with E-state index in [1.807, 2.05) is 0 Å². The molecule has 0 aromatic heterocycles. The molecule has 0 spiro atoms. The van der Waals surface area contributed by atoms with Crippen LogP contribution in [0.4, 0.5) is 0 Å². The van der Waals surface area contributed by atoms with Crippen LogP contribution in [0.1, 0.15) is 26.2 Å². The molecule has 1 rings (SSSR count). The topological polar surface area (TPSA) is 9.23 Å². The Balaban J connectivity index is 2.23. The first-order valence-electron chi connectivity index (χ1n) is 3.60. The highest BCUT2D eigenvalue weighted by molar-refractivity contribution is 7.81. The Bertz CT molecular complexity index is 77.0. The van der Waals surface area contributed by atoms with Crippen LogP contribution in [0.3, 0.4) is 0 Å². The largest absolute Gasteiger partial charge is 0.377 e. The van der Waals surface area contributed by atoms with Gasteiger partial charge in [-0.15, -0.1) is 0 Å². The summed E-state index contributed by atoms with van der Waals surface area (Å²) in [6.45, 7) is 3.04. The van der Waals surface area contributed by atoms with Crippen molar-refractivity contribution >= 4 is 12.6 Å². The zero-order valence-corrected chi connectivity index (χ0v) is 6.73. The quantitative estimate of drug-likeness (QED) is 0.556. The van der Waals surface area contributed by atoms with Crippen molar-refractivity contribution in [3.8, 4) is 0 Å². The van der Waals surface area contributed by atoms with E-state index in [0.717, 1.165) is 6.61 Å². The lowest BCUT2D eigenvalue weighted by Gasteiger charge is -2.24. The van der Waals surface area contributed by atoms with Gasteiger partial charge in [-0.1, -0.05) is 6.92 Å². The minimum atomic E-state index is 0.408. The lowest BCUT2D eigenvalue weighted by atomic mass is 10.1. The molecule has 0 N–H and O–H groups in total. The molecule has 0 saturated carbocycles. The van der Waals surface area contributed by atoms with Crippen LogP contribution in [0.15, 0.2) is 0 Å². The van der Waals surface area contributed by atoms with Gasteiger partial charge in [-0.3, -0.25) is 0 Å². The second kappa shape index (κ2) is 3.47. The Morgan fingerprint density at radius 1 is 1.56 bits per heavy atom. The Morgan fingerprint density at radius 3 is 2.67 bits per heavy atom. The Hall–Kier alpha value is 0.310. The number of thiol groups is 1. The van der Waals surface area contributed by atoms with Crippen molar-refractivity contribution in [2.45, 2.75) is 37.5 Å². The lowest BCUT2D eigenvalue weighted by Crippen LogP contribution is -2.26. The van der Waals surface area contributed by atoms with E-state index >= 15 is 0 Å². The van der Waals surface area contributed by atoms with Crippen molar-refractivity contribution in [2.24, 2.45) is 0 Å². The summed E-state index contributed by atoms with van der Waals surface area (Å²) in [5.41, 5.74) is 0. The fourth-order valence-corrected chi connectivity index (χ4v) is 1.38. The Kier molecular flexibility index (Phi) is 2.86.